The predicted octanol–water partition coefficient (Wildman–Crippen LogP) is 2.59. The first kappa shape index (κ1) is 21.8. The lowest BCUT2D eigenvalue weighted by molar-refractivity contribution is -0.128. The van der Waals surface area contributed by atoms with Crippen LogP contribution in [-0.2, 0) is 19.6 Å². The largest absolute Gasteiger partial charge is 0.377 e. The topological polar surface area (TPSA) is 84.5 Å². The molecular weight excluding hydrogens is 371 g/mol. The number of halogens is 1. The average Bonchev–Trinajstić information content (AvgIpc) is 2.60. The van der Waals surface area contributed by atoms with Gasteiger partial charge < -0.3 is 10.1 Å². The van der Waals surface area contributed by atoms with Crippen molar-refractivity contribution in [3.05, 3.63) is 30.1 Å². The zero-order valence-electron chi connectivity index (χ0n) is 16.1. The van der Waals surface area contributed by atoms with Crippen molar-refractivity contribution in [3.8, 4) is 0 Å². The van der Waals surface area contributed by atoms with Crippen LogP contribution in [0.4, 0.5) is 4.39 Å². The third kappa shape index (κ3) is 6.26. The minimum absolute atomic E-state index is 0.00750. The quantitative estimate of drug-likeness (QED) is 0.702. The Kier molecular flexibility index (Phi) is 7.76. The first-order chi connectivity index (χ1) is 12.7. The summed E-state index contributed by atoms with van der Waals surface area (Å²) in [5.74, 6) is -0.832. The standard InChI is InChI=1S/C19H29FN2O4S/c1-4-11-26-18-10-5-14(19(23)21-13(2)3)12-17(18)22-27(24,25)16-8-6-15(20)7-9-16/h6-9,13-14,17-18,22H,4-5,10-12H2,1-3H3,(H,21,23)/t14-,17+,18+/m0/s1. The van der Waals surface area contributed by atoms with Gasteiger partial charge in [-0.2, -0.15) is 0 Å². The lowest BCUT2D eigenvalue weighted by atomic mass is 9.83. The molecular formula is C19H29FN2O4S. The highest BCUT2D eigenvalue weighted by Gasteiger charge is 2.37. The molecule has 0 bridgehead atoms. The monoisotopic (exact) mass is 400 g/mol. The number of carbonyl (C=O) groups is 1. The highest BCUT2D eigenvalue weighted by molar-refractivity contribution is 7.89. The summed E-state index contributed by atoms with van der Waals surface area (Å²) in [7, 11) is -3.84. The van der Waals surface area contributed by atoms with Gasteiger partial charge in [-0.05, 0) is 63.8 Å². The van der Waals surface area contributed by atoms with E-state index >= 15 is 0 Å². The summed E-state index contributed by atoms with van der Waals surface area (Å²) in [4.78, 5) is 12.4. The molecule has 0 spiro atoms. The van der Waals surface area contributed by atoms with E-state index in [0.717, 1.165) is 18.6 Å². The van der Waals surface area contributed by atoms with Crippen molar-refractivity contribution in [2.75, 3.05) is 6.61 Å². The molecule has 152 valence electrons. The molecule has 1 amide bonds. The molecule has 1 aliphatic rings. The van der Waals surface area contributed by atoms with E-state index in [-0.39, 0.29) is 28.9 Å². The summed E-state index contributed by atoms with van der Waals surface area (Å²) in [6.07, 6.45) is 2.16. The second kappa shape index (κ2) is 9.61. The fraction of sp³-hybridized carbons (Fsp3) is 0.632. The predicted molar refractivity (Wildman–Crippen MR) is 101 cm³/mol. The van der Waals surface area contributed by atoms with Crippen molar-refractivity contribution in [1.29, 1.82) is 0 Å². The van der Waals surface area contributed by atoms with E-state index in [4.69, 9.17) is 4.74 Å². The minimum Gasteiger partial charge on any atom is -0.377 e. The number of ether oxygens (including phenoxy) is 1. The summed E-state index contributed by atoms with van der Waals surface area (Å²) in [5, 5.41) is 2.89. The summed E-state index contributed by atoms with van der Waals surface area (Å²) < 4.78 is 47.0. The number of hydrogen-bond acceptors (Lipinski definition) is 4. The number of sulfonamides is 1. The van der Waals surface area contributed by atoms with Crippen LogP contribution in [0.2, 0.25) is 0 Å². The third-order valence-electron chi connectivity index (χ3n) is 4.56. The van der Waals surface area contributed by atoms with Gasteiger partial charge in [0, 0.05) is 24.6 Å². The van der Waals surface area contributed by atoms with Crippen LogP contribution >= 0.6 is 0 Å². The molecule has 1 aliphatic carbocycles. The molecule has 2 N–H and O–H groups in total. The maximum Gasteiger partial charge on any atom is 0.240 e. The van der Waals surface area contributed by atoms with Gasteiger partial charge >= 0.3 is 0 Å². The SMILES string of the molecule is CCCO[C@@H]1CC[C@H](C(=O)NC(C)C)C[C@H]1NS(=O)(=O)c1ccc(F)cc1. The molecule has 6 nitrogen and oxygen atoms in total. The van der Waals surface area contributed by atoms with Gasteiger partial charge in [-0.3, -0.25) is 4.79 Å². The lowest BCUT2D eigenvalue weighted by Gasteiger charge is -2.36. The van der Waals surface area contributed by atoms with Crippen LogP contribution in [0.25, 0.3) is 0 Å². The van der Waals surface area contributed by atoms with E-state index in [2.05, 4.69) is 10.0 Å². The van der Waals surface area contributed by atoms with Crippen molar-refractivity contribution in [2.45, 2.75) is 69.5 Å². The molecule has 1 saturated carbocycles. The summed E-state index contributed by atoms with van der Waals surface area (Å²) in [6.45, 7) is 6.30. The van der Waals surface area contributed by atoms with Gasteiger partial charge in [-0.25, -0.2) is 17.5 Å². The Hall–Kier alpha value is -1.51. The molecule has 0 aliphatic heterocycles. The van der Waals surface area contributed by atoms with Gasteiger partial charge in [0.05, 0.1) is 11.0 Å². The fourth-order valence-electron chi connectivity index (χ4n) is 3.26. The van der Waals surface area contributed by atoms with Crippen LogP contribution in [0.1, 0.15) is 46.5 Å². The van der Waals surface area contributed by atoms with Crippen molar-refractivity contribution >= 4 is 15.9 Å². The van der Waals surface area contributed by atoms with Crippen LogP contribution < -0.4 is 10.0 Å². The van der Waals surface area contributed by atoms with Crippen molar-refractivity contribution in [2.24, 2.45) is 5.92 Å². The Morgan fingerprint density at radius 3 is 2.52 bits per heavy atom. The van der Waals surface area contributed by atoms with Gasteiger partial charge in [0.1, 0.15) is 5.82 Å². The second-order valence-corrected chi connectivity index (χ2v) is 8.98. The van der Waals surface area contributed by atoms with Crippen LogP contribution in [0.15, 0.2) is 29.2 Å². The molecule has 1 aromatic carbocycles. The smallest absolute Gasteiger partial charge is 0.240 e. The van der Waals surface area contributed by atoms with Crippen LogP contribution in [0, 0.1) is 11.7 Å². The zero-order chi connectivity index (χ0) is 20.0. The van der Waals surface area contributed by atoms with Crippen molar-refractivity contribution in [3.63, 3.8) is 0 Å². The highest BCUT2D eigenvalue weighted by Crippen LogP contribution is 2.28. The molecule has 0 radical (unpaired) electrons. The number of carbonyl (C=O) groups excluding carboxylic acids is 1. The molecule has 1 aromatic rings. The highest BCUT2D eigenvalue weighted by atomic mass is 32.2. The van der Waals surface area contributed by atoms with E-state index in [1.54, 1.807) is 0 Å². The Morgan fingerprint density at radius 2 is 1.93 bits per heavy atom. The van der Waals surface area contributed by atoms with E-state index in [9.17, 15) is 17.6 Å². The molecule has 0 saturated heterocycles. The first-order valence-corrected chi connectivity index (χ1v) is 10.9. The number of benzene rings is 1. The number of hydrogen-bond donors (Lipinski definition) is 2. The molecule has 0 aromatic heterocycles. The van der Waals surface area contributed by atoms with Gasteiger partial charge in [-0.15, -0.1) is 0 Å². The molecule has 3 atom stereocenters. The Morgan fingerprint density at radius 1 is 1.26 bits per heavy atom. The number of nitrogens with one attached hydrogen (secondary N) is 2. The van der Waals surface area contributed by atoms with Crippen LogP contribution in [0.5, 0.6) is 0 Å². The van der Waals surface area contributed by atoms with E-state index in [1.165, 1.54) is 12.1 Å². The van der Waals surface area contributed by atoms with E-state index in [1.807, 2.05) is 20.8 Å². The van der Waals surface area contributed by atoms with Crippen molar-refractivity contribution in [1.82, 2.24) is 10.0 Å². The Labute approximate surface area is 160 Å². The maximum atomic E-state index is 13.1. The Bertz CT molecular complexity index is 722. The van der Waals surface area contributed by atoms with Crippen LogP contribution in [0.3, 0.4) is 0 Å². The third-order valence-corrected chi connectivity index (χ3v) is 6.06. The van der Waals surface area contributed by atoms with Gasteiger partial charge in [-0.1, -0.05) is 6.92 Å². The molecule has 0 unspecified atom stereocenters. The number of rotatable bonds is 8. The lowest BCUT2D eigenvalue weighted by Crippen LogP contribution is -2.51. The van der Waals surface area contributed by atoms with Crippen molar-refractivity contribution < 1.29 is 22.3 Å². The summed E-state index contributed by atoms with van der Waals surface area (Å²) in [6, 6.07) is 4.19. The maximum absolute atomic E-state index is 13.1. The fourth-order valence-corrected chi connectivity index (χ4v) is 4.53. The first-order valence-electron chi connectivity index (χ1n) is 9.42. The summed E-state index contributed by atoms with van der Waals surface area (Å²) in [5.41, 5.74) is 0. The molecule has 27 heavy (non-hydrogen) atoms. The van der Waals surface area contributed by atoms with Gasteiger partial charge in [0.2, 0.25) is 15.9 Å². The number of amides is 1. The normalized spacial score (nSPS) is 23.4. The zero-order valence-corrected chi connectivity index (χ0v) is 16.9. The summed E-state index contributed by atoms with van der Waals surface area (Å²) >= 11 is 0. The van der Waals surface area contributed by atoms with E-state index in [0.29, 0.717) is 25.9 Å². The molecule has 0 heterocycles. The van der Waals surface area contributed by atoms with Gasteiger partial charge in [0.15, 0.2) is 0 Å². The second-order valence-electron chi connectivity index (χ2n) is 7.26. The Balaban J connectivity index is 2.15. The molecule has 8 heteroatoms. The molecule has 1 fully saturated rings. The molecule has 2 rings (SSSR count). The van der Waals surface area contributed by atoms with E-state index < -0.39 is 21.9 Å². The van der Waals surface area contributed by atoms with Crippen LogP contribution in [-0.4, -0.2) is 39.1 Å². The van der Waals surface area contributed by atoms with Gasteiger partial charge in [0.25, 0.3) is 0 Å². The average molecular weight is 401 g/mol. The minimum atomic E-state index is -3.84.